The summed E-state index contributed by atoms with van der Waals surface area (Å²) in [6, 6.07) is 8.60. The van der Waals surface area contributed by atoms with Crippen LogP contribution in [0.25, 0.3) is 20.5 Å². The highest BCUT2D eigenvalue weighted by molar-refractivity contribution is 7.19. The molecular weight excluding hydrogens is 326 g/mol. The molecule has 1 aromatic heterocycles. The van der Waals surface area contributed by atoms with Gasteiger partial charge < -0.3 is 5.73 Å². The average Bonchev–Trinajstić information content (AvgIpc) is 2.98. The number of carbonyl (C=O) groups is 1. The summed E-state index contributed by atoms with van der Waals surface area (Å²) in [6.45, 7) is 6.57. The number of benzene rings is 1. The summed E-state index contributed by atoms with van der Waals surface area (Å²) in [6.07, 6.45) is 0.990. The first-order chi connectivity index (χ1) is 11.4. The zero-order valence-electron chi connectivity index (χ0n) is 14.1. The molecule has 7 nitrogen and oxygen atoms in total. The summed E-state index contributed by atoms with van der Waals surface area (Å²) in [5.74, 6) is 0.639. The van der Waals surface area contributed by atoms with Crippen molar-refractivity contribution in [3.05, 3.63) is 45.7 Å². The number of hydroxylamine groups is 2. The summed E-state index contributed by atoms with van der Waals surface area (Å²) in [5.41, 5.74) is 12.8. The smallest absolute Gasteiger partial charge is 0.339 e. The van der Waals surface area contributed by atoms with E-state index >= 15 is 0 Å². The maximum absolute atomic E-state index is 10.8. The van der Waals surface area contributed by atoms with E-state index in [4.69, 9.17) is 11.3 Å². The molecule has 1 atom stereocenters. The highest BCUT2D eigenvalue weighted by Crippen LogP contribution is 2.31. The summed E-state index contributed by atoms with van der Waals surface area (Å²) in [4.78, 5) is 14.4. The van der Waals surface area contributed by atoms with Crippen LogP contribution in [0.2, 0.25) is 0 Å². The summed E-state index contributed by atoms with van der Waals surface area (Å²) < 4.78 is 1.13. The first-order valence-electron chi connectivity index (χ1n) is 7.63. The van der Waals surface area contributed by atoms with Gasteiger partial charge in [-0.25, -0.2) is 4.79 Å². The van der Waals surface area contributed by atoms with E-state index in [1.54, 1.807) is 18.3 Å². The van der Waals surface area contributed by atoms with E-state index in [0.29, 0.717) is 17.5 Å². The number of hydrogen-bond donors (Lipinski definition) is 2. The zero-order chi connectivity index (χ0) is 18.1. The molecule has 2 rings (SSSR count). The molecule has 130 valence electrons. The van der Waals surface area contributed by atoms with Crippen LogP contribution in [0.3, 0.4) is 0 Å². The predicted molar refractivity (Wildman–Crippen MR) is 96.9 cm³/mol. The van der Waals surface area contributed by atoms with Gasteiger partial charge in [0.1, 0.15) is 0 Å². The fourth-order valence-corrected chi connectivity index (χ4v) is 2.98. The first-order valence-corrected chi connectivity index (χ1v) is 8.45. The lowest BCUT2D eigenvalue weighted by atomic mass is 10.1. The Morgan fingerprint density at radius 1 is 1.42 bits per heavy atom. The molecule has 0 spiro atoms. The third-order valence-electron chi connectivity index (χ3n) is 3.32. The molecule has 1 heterocycles. The van der Waals surface area contributed by atoms with E-state index in [-0.39, 0.29) is 0 Å². The van der Waals surface area contributed by atoms with Crippen molar-refractivity contribution < 1.29 is 10.0 Å². The molecular formula is C16H23N5O2S. The Morgan fingerprint density at radius 3 is 2.62 bits per heavy atom. The number of carbonyl (C=O) groups excluding carboxylic acids is 1. The number of fused-ring (bicyclic) bond motifs is 1. The minimum absolute atomic E-state index is 0.421. The fraction of sp³-hybridized carbons (Fsp3) is 0.438. The highest BCUT2D eigenvalue weighted by atomic mass is 32.1. The Morgan fingerprint density at radius 2 is 2.08 bits per heavy atom. The van der Waals surface area contributed by atoms with Crippen LogP contribution < -0.4 is 5.73 Å². The van der Waals surface area contributed by atoms with Crippen molar-refractivity contribution in [3.63, 3.8) is 0 Å². The van der Waals surface area contributed by atoms with Gasteiger partial charge in [-0.15, -0.1) is 11.3 Å². The predicted octanol–water partition coefficient (Wildman–Crippen LogP) is 5.08. The van der Waals surface area contributed by atoms with Crippen LogP contribution in [0.15, 0.2) is 35.4 Å². The normalized spacial score (nSPS) is 11.4. The molecule has 1 unspecified atom stereocenters. The van der Waals surface area contributed by atoms with Crippen molar-refractivity contribution in [1.29, 1.82) is 0 Å². The number of urea groups is 1. The van der Waals surface area contributed by atoms with Crippen molar-refractivity contribution in [2.24, 2.45) is 16.8 Å². The second-order valence-corrected chi connectivity index (χ2v) is 6.80. The van der Waals surface area contributed by atoms with E-state index in [9.17, 15) is 10.0 Å². The Kier molecular flexibility index (Phi) is 8.05. The van der Waals surface area contributed by atoms with Gasteiger partial charge in [-0.3, -0.25) is 5.21 Å². The molecule has 2 amide bonds. The lowest BCUT2D eigenvalue weighted by Crippen LogP contribution is -2.34. The number of nitrogens with zero attached hydrogens (tertiary/aromatic N) is 4. The van der Waals surface area contributed by atoms with Gasteiger partial charge >= 0.3 is 6.03 Å². The van der Waals surface area contributed by atoms with Crippen LogP contribution in [-0.2, 0) is 0 Å². The van der Waals surface area contributed by atoms with Crippen LogP contribution in [0.4, 0.5) is 4.79 Å². The van der Waals surface area contributed by atoms with Gasteiger partial charge in [-0.1, -0.05) is 37.2 Å². The van der Waals surface area contributed by atoms with Gasteiger partial charge in [-0.2, -0.15) is 5.06 Å². The van der Waals surface area contributed by atoms with E-state index in [2.05, 4.69) is 23.9 Å². The average molecular weight is 349 g/mol. The highest BCUT2D eigenvalue weighted by Gasteiger charge is 2.18. The first kappa shape index (κ1) is 19.8. The maximum atomic E-state index is 10.8. The van der Waals surface area contributed by atoms with Crippen molar-refractivity contribution in [2.75, 3.05) is 6.54 Å². The number of rotatable bonds is 5. The van der Waals surface area contributed by atoms with Gasteiger partial charge in [0.25, 0.3) is 0 Å². The van der Waals surface area contributed by atoms with Crippen LogP contribution >= 0.6 is 11.3 Å². The van der Waals surface area contributed by atoms with E-state index in [0.717, 1.165) is 21.4 Å². The van der Waals surface area contributed by atoms with Crippen LogP contribution in [0.1, 0.15) is 38.1 Å². The molecule has 1 aromatic carbocycles. The summed E-state index contributed by atoms with van der Waals surface area (Å²) >= 11 is 1.54. The number of hydrogen-bond acceptors (Lipinski definition) is 4. The monoisotopic (exact) mass is 349 g/mol. The number of azide groups is 1. The molecule has 8 heteroatoms. The third-order valence-corrected chi connectivity index (χ3v) is 4.61. The molecule has 2 aromatic rings. The van der Waals surface area contributed by atoms with Gasteiger partial charge in [0.2, 0.25) is 0 Å². The number of thiophene rings is 1. The minimum atomic E-state index is -0.843. The molecule has 0 bridgehead atoms. The maximum Gasteiger partial charge on any atom is 0.339 e. The Labute approximate surface area is 145 Å². The molecule has 0 fully saturated rings. The van der Waals surface area contributed by atoms with E-state index in [1.807, 2.05) is 30.3 Å². The SMILES string of the molecule is CC(C)CCN=[N+]=[N-].CC(c1cc2ccccc2s1)N(O)C(N)=O. The van der Waals surface area contributed by atoms with Gasteiger partial charge in [0.15, 0.2) is 0 Å². The topological polar surface area (TPSA) is 115 Å². The summed E-state index contributed by atoms with van der Waals surface area (Å²) in [7, 11) is 0. The Hall–Kier alpha value is -2.28. The van der Waals surface area contributed by atoms with Crippen LogP contribution in [-0.4, -0.2) is 22.8 Å². The zero-order valence-corrected chi connectivity index (χ0v) is 14.9. The Balaban J connectivity index is 0.000000307. The van der Waals surface area contributed by atoms with Gasteiger partial charge in [0, 0.05) is 21.0 Å². The van der Waals surface area contributed by atoms with Crippen LogP contribution in [0.5, 0.6) is 0 Å². The van der Waals surface area contributed by atoms with E-state index < -0.39 is 12.1 Å². The fourth-order valence-electron chi connectivity index (χ4n) is 1.88. The lowest BCUT2D eigenvalue weighted by Gasteiger charge is -2.18. The van der Waals surface area contributed by atoms with Crippen molar-refractivity contribution in [3.8, 4) is 0 Å². The van der Waals surface area contributed by atoms with Gasteiger partial charge in [0.05, 0.1) is 6.04 Å². The Bertz CT molecular complexity index is 676. The molecule has 3 N–H and O–H groups in total. The molecule has 24 heavy (non-hydrogen) atoms. The van der Waals surface area contributed by atoms with Crippen molar-refractivity contribution in [2.45, 2.75) is 33.2 Å². The second kappa shape index (κ2) is 9.77. The third kappa shape index (κ3) is 6.08. The summed E-state index contributed by atoms with van der Waals surface area (Å²) in [5, 5.41) is 14.5. The number of nitrogens with two attached hydrogens (primary N) is 1. The molecule has 0 radical (unpaired) electrons. The van der Waals surface area contributed by atoms with Gasteiger partial charge in [-0.05, 0) is 42.3 Å². The van der Waals surface area contributed by atoms with Crippen molar-refractivity contribution >= 4 is 27.5 Å². The minimum Gasteiger partial charge on any atom is -0.350 e. The molecule has 0 saturated carbocycles. The quantitative estimate of drug-likeness (QED) is 0.258. The number of amides is 2. The number of primary amides is 1. The largest absolute Gasteiger partial charge is 0.350 e. The lowest BCUT2D eigenvalue weighted by molar-refractivity contribution is -0.0700. The standard InChI is InChI=1S/C11H12N2O2S.C5H11N3/c1-7(13(15)11(12)14)10-6-8-4-2-3-5-9(8)16-10;1-5(2)3-4-7-8-6/h2-7,15H,1H3,(H2,12,14);5H,3-4H2,1-2H3. The van der Waals surface area contributed by atoms with Crippen molar-refractivity contribution in [1.82, 2.24) is 5.06 Å². The van der Waals surface area contributed by atoms with Crippen LogP contribution in [0, 0.1) is 5.92 Å². The molecule has 0 aliphatic carbocycles. The second-order valence-electron chi connectivity index (χ2n) is 5.68. The molecule has 0 aliphatic heterocycles. The van der Waals surface area contributed by atoms with E-state index in [1.165, 1.54) is 0 Å². The molecule has 0 saturated heterocycles. The molecule has 0 aliphatic rings.